The SMILES string of the molecule is O=C(Cc1ccc(F)cc1F)NC1CS(=O)(=O)CC1Cl. The lowest BCUT2D eigenvalue weighted by atomic mass is 10.1. The molecule has 0 saturated carbocycles. The average molecular weight is 324 g/mol. The largest absolute Gasteiger partial charge is 0.351 e. The summed E-state index contributed by atoms with van der Waals surface area (Å²) >= 11 is 5.84. The van der Waals surface area contributed by atoms with Gasteiger partial charge in [0.2, 0.25) is 5.91 Å². The number of hydrogen-bond donors (Lipinski definition) is 1. The van der Waals surface area contributed by atoms with Crippen molar-refractivity contribution >= 4 is 27.3 Å². The minimum absolute atomic E-state index is 0.0378. The fraction of sp³-hybridized carbons (Fsp3) is 0.417. The van der Waals surface area contributed by atoms with Gasteiger partial charge in [-0.05, 0) is 11.6 Å². The Morgan fingerprint density at radius 2 is 2.05 bits per heavy atom. The molecule has 1 aliphatic rings. The summed E-state index contributed by atoms with van der Waals surface area (Å²) in [4.78, 5) is 11.7. The van der Waals surface area contributed by atoms with Crippen molar-refractivity contribution < 1.29 is 22.0 Å². The summed E-state index contributed by atoms with van der Waals surface area (Å²) in [6, 6.07) is 2.23. The summed E-state index contributed by atoms with van der Waals surface area (Å²) in [5, 5.41) is 1.77. The van der Waals surface area contributed by atoms with Gasteiger partial charge in [0.15, 0.2) is 9.84 Å². The Balaban J connectivity index is 1.99. The van der Waals surface area contributed by atoms with Crippen molar-refractivity contribution in [1.82, 2.24) is 5.32 Å². The highest BCUT2D eigenvalue weighted by molar-refractivity contribution is 7.91. The van der Waals surface area contributed by atoms with Gasteiger partial charge in [0, 0.05) is 6.07 Å². The molecule has 0 radical (unpaired) electrons. The number of rotatable bonds is 3. The fourth-order valence-electron chi connectivity index (χ4n) is 2.03. The first-order valence-corrected chi connectivity index (χ1v) is 8.10. The zero-order valence-electron chi connectivity index (χ0n) is 10.3. The third-order valence-corrected chi connectivity index (χ3v) is 5.37. The van der Waals surface area contributed by atoms with Crippen LogP contribution in [0.5, 0.6) is 0 Å². The summed E-state index contributed by atoms with van der Waals surface area (Å²) in [5.41, 5.74) is 0.0378. The van der Waals surface area contributed by atoms with E-state index in [9.17, 15) is 22.0 Å². The van der Waals surface area contributed by atoms with Crippen LogP contribution in [0.1, 0.15) is 5.56 Å². The van der Waals surface area contributed by atoms with Crippen LogP contribution in [0, 0.1) is 11.6 Å². The Labute approximate surface area is 120 Å². The molecule has 1 aliphatic heterocycles. The molecule has 1 fully saturated rings. The predicted octanol–water partition coefficient (Wildman–Crippen LogP) is 1.03. The van der Waals surface area contributed by atoms with Crippen molar-refractivity contribution in [3.05, 3.63) is 35.4 Å². The van der Waals surface area contributed by atoms with Gasteiger partial charge in [-0.25, -0.2) is 17.2 Å². The molecule has 1 aromatic carbocycles. The fourth-order valence-corrected chi connectivity index (χ4v) is 4.58. The first-order valence-electron chi connectivity index (χ1n) is 5.84. The smallest absolute Gasteiger partial charge is 0.224 e. The Bertz CT molecular complexity index is 636. The lowest BCUT2D eigenvalue weighted by molar-refractivity contribution is -0.121. The Morgan fingerprint density at radius 3 is 2.60 bits per heavy atom. The van der Waals surface area contributed by atoms with E-state index in [4.69, 9.17) is 11.6 Å². The van der Waals surface area contributed by atoms with Gasteiger partial charge in [0.25, 0.3) is 0 Å². The van der Waals surface area contributed by atoms with Gasteiger partial charge in [-0.3, -0.25) is 4.79 Å². The normalized spacial score (nSPS) is 24.6. The number of hydrogen-bond acceptors (Lipinski definition) is 3. The summed E-state index contributed by atoms with van der Waals surface area (Å²) in [7, 11) is -3.25. The molecule has 1 N–H and O–H groups in total. The summed E-state index contributed by atoms with van der Waals surface area (Å²) in [5.74, 6) is -2.51. The molecule has 0 bridgehead atoms. The second kappa shape index (κ2) is 5.65. The van der Waals surface area contributed by atoms with Crippen molar-refractivity contribution in [3.8, 4) is 0 Å². The van der Waals surface area contributed by atoms with Gasteiger partial charge < -0.3 is 5.32 Å². The van der Waals surface area contributed by atoms with Crippen LogP contribution in [0.2, 0.25) is 0 Å². The van der Waals surface area contributed by atoms with E-state index in [2.05, 4.69) is 5.32 Å². The molecule has 1 aromatic rings. The second-order valence-electron chi connectivity index (χ2n) is 4.68. The lowest BCUT2D eigenvalue weighted by Crippen LogP contribution is -2.41. The van der Waals surface area contributed by atoms with Crippen LogP contribution < -0.4 is 5.32 Å². The monoisotopic (exact) mass is 323 g/mol. The molecule has 2 rings (SSSR count). The van der Waals surface area contributed by atoms with Crippen molar-refractivity contribution in [2.24, 2.45) is 0 Å². The number of alkyl halides is 1. The Hall–Kier alpha value is -1.21. The molecule has 2 unspecified atom stereocenters. The van der Waals surface area contributed by atoms with Gasteiger partial charge in [-0.1, -0.05) is 6.07 Å². The average Bonchev–Trinajstić information content (AvgIpc) is 2.56. The Morgan fingerprint density at radius 1 is 1.35 bits per heavy atom. The van der Waals surface area contributed by atoms with Gasteiger partial charge in [0.1, 0.15) is 11.6 Å². The van der Waals surface area contributed by atoms with E-state index in [1.54, 1.807) is 0 Å². The molecule has 8 heteroatoms. The van der Waals surface area contributed by atoms with Gasteiger partial charge in [0.05, 0.1) is 29.3 Å². The first-order chi connectivity index (χ1) is 9.27. The van der Waals surface area contributed by atoms with Gasteiger partial charge >= 0.3 is 0 Å². The number of halogens is 3. The molecular formula is C12H12ClF2NO3S. The highest BCUT2D eigenvalue weighted by Gasteiger charge is 2.37. The van der Waals surface area contributed by atoms with Gasteiger partial charge in [-0.15, -0.1) is 11.6 Å². The summed E-state index contributed by atoms with van der Waals surface area (Å²) in [6.45, 7) is 0. The van der Waals surface area contributed by atoms with E-state index >= 15 is 0 Å². The number of carbonyl (C=O) groups excluding carboxylic acids is 1. The maximum absolute atomic E-state index is 13.4. The van der Waals surface area contributed by atoms with E-state index in [0.717, 1.165) is 6.07 Å². The highest BCUT2D eigenvalue weighted by Crippen LogP contribution is 2.18. The van der Waals surface area contributed by atoms with Crippen LogP contribution in [-0.2, 0) is 21.1 Å². The van der Waals surface area contributed by atoms with Crippen LogP contribution in [0.4, 0.5) is 8.78 Å². The minimum Gasteiger partial charge on any atom is -0.351 e. The molecule has 2 atom stereocenters. The van der Waals surface area contributed by atoms with E-state index in [1.807, 2.05) is 0 Å². The number of amides is 1. The summed E-state index contributed by atoms with van der Waals surface area (Å²) in [6.07, 6.45) is -0.299. The molecule has 20 heavy (non-hydrogen) atoms. The quantitative estimate of drug-likeness (QED) is 0.845. The van der Waals surface area contributed by atoms with Crippen molar-refractivity contribution in [2.45, 2.75) is 17.8 Å². The predicted molar refractivity (Wildman–Crippen MR) is 70.3 cm³/mol. The molecule has 1 amide bonds. The molecule has 0 spiro atoms. The lowest BCUT2D eigenvalue weighted by Gasteiger charge is -2.14. The van der Waals surface area contributed by atoms with Crippen molar-refractivity contribution in [2.75, 3.05) is 11.5 Å². The van der Waals surface area contributed by atoms with Gasteiger partial charge in [-0.2, -0.15) is 0 Å². The standard InChI is InChI=1S/C12H12ClF2NO3S/c13-9-5-20(18,19)6-11(9)16-12(17)3-7-1-2-8(14)4-10(7)15/h1-2,4,9,11H,3,5-6H2,(H,16,17). The zero-order chi connectivity index (χ0) is 14.9. The molecule has 0 aromatic heterocycles. The molecule has 1 heterocycles. The first kappa shape index (κ1) is 15.2. The Kier molecular flexibility index (Phi) is 4.29. The summed E-state index contributed by atoms with van der Waals surface area (Å²) < 4.78 is 48.8. The van der Waals surface area contributed by atoms with Crippen LogP contribution in [0.25, 0.3) is 0 Å². The third kappa shape index (κ3) is 3.67. The highest BCUT2D eigenvalue weighted by atomic mass is 35.5. The minimum atomic E-state index is -3.25. The number of benzene rings is 1. The van der Waals surface area contributed by atoms with Crippen LogP contribution in [-0.4, -0.2) is 37.2 Å². The molecule has 110 valence electrons. The number of sulfone groups is 1. The third-order valence-electron chi connectivity index (χ3n) is 3.00. The second-order valence-corrected chi connectivity index (χ2v) is 7.39. The topological polar surface area (TPSA) is 63.2 Å². The van der Waals surface area contributed by atoms with Crippen LogP contribution >= 0.6 is 11.6 Å². The van der Waals surface area contributed by atoms with Crippen molar-refractivity contribution in [1.29, 1.82) is 0 Å². The number of carbonyl (C=O) groups is 1. The zero-order valence-corrected chi connectivity index (χ0v) is 11.8. The van der Waals surface area contributed by atoms with Crippen molar-refractivity contribution in [3.63, 3.8) is 0 Å². The molecule has 0 aliphatic carbocycles. The molecule has 4 nitrogen and oxygen atoms in total. The van der Waals surface area contributed by atoms with E-state index in [-0.39, 0.29) is 23.5 Å². The maximum atomic E-state index is 13.4. The van der Waals surface area contributed by atoms with E-state index in [0.29, 0.717) is 6.07 Å². The van der Waals surface area contributed by atoms with E-state index < -0.39 is 38.8 Å². The maximum Gasteiger partial charge on any atom is 0.224 e. The molecular weight excluding hydrogens is 312 g/mol. The molecule has 1 saturated heterocycles. The number of nitrogens with one attached hydrogen (secondary N) is 1. The van der Waals surface area contributed by atoms with Crippen LogP contribution in [0.3, 0.4) is 0 Å². The van der Waals surface area contributed by atoms with Crippen LogP contribution in [0.15, 0.2) is 18.2 Å². The van der Waals surface area contributed by atoms with E-state index in [1.165, 1.54) is 6.07 Å².